The minimum Gasteiger partial charge on any atom is -0.378 e. The molecule has 3 aromatic carbocycles. The van der Waals surface area contributed by atoms with Gasteiger partial charge in [-0.2, -0.15) is 0 Å². The summed E-state index contributed by atoms with van der Waals surface area (Å²) in [5, 5.41) is 0.623. The Labute approximate surface area is 219 Å². The van der Waals surface area contributed by atoms with E-state index in [9.17, 15) is 9.59 Å². The standard InChI is InChI=1S/C30H34ClN3O2/c1-19(2)23-9-16-27-28(34(21(4)35)26-14-10-24(31)11-15-26)17-20(3)33(29(27)18-23)30(36)22-7-12-25(13-8-22)32(5)6/h7-16,18-20,28H,17H2,1-6H3/t20-,28+/m0/s1. The number of carbonyl (C=O) groups is 2. The van der Waals surface area contributed by atoms with E-state index >= 15 is 0 Å². The molecular formula is C30H34ClN3O2. The van der Waals surface area contributed by atoms with Crippen LogP contribution in [0.15, 0.2) is 66.7 Å². The highest BCUT2D eigenvalue weighted by molar-refractivity contribution is 6.30. The molecule has 0 radical (unpaired) electrons. The number of benzene rings is 3. The van der Waals surface area contributed by atoms with Gasteiger partial charge in [0, 0.05) is 54.7 Å². The van der Waals surface area contributed by atoms with Gasteiger partial charge < -0.3 is 14.7 Å². The highest BCUT2D eigenvalue weighted by Gasteiger charge is 2.38. The molecule has 1 aliphatic rings. The fraction of sp³-hybridized carbons (Fsp3) is 0.333. The summed E-state index contributed by atoms with van der Waals surface area (Å²) in [7, 11) is 3.96. The number of hydrogen-bond acceptors (Lipinski definition) is 3. The van der Waals surface area contributed by atoms with E-state index < -0.39 is 0 Å². The molecule has 0 N–H and O–H groups in total. The summed E-state index contributed by atoms with van der Waals surface area (Å²) in [6.07, 6.45) is 0.623. The van der Waals surface area contributed by atoms with Crippen LogP contribution in [0.2, 0.25) is 5.02 Å². The Morgan fingerprint density at radius 3 is 2.11 bits per heavy atom. The molecule has 36 heavy (non-hydrogen) atoms. The van der Waals surface area contributed by atoms with Gasteiger partial charge >= 0.3 is 0 Å². The Bertz CT molecular complexity index is 1250. The third-order valence-electron chi connectivity index (χ3n) is 6.95. The number of carbonyl (C=O) groups excluding carboxylic acids is 2. The molecule has 0 aliphatic carbocycles. The maximum absolute atomic E-state index is 13.9. The molecule has 4 rings (SSSR count). The van der Waals surface area contributed by atoms with Gasteiger partial charge in [0.05, 0.1) is 6.04 Å². The lowest BCUT2D eigenvalue weighted by Crippen LogP contribution is -2.47. The van der Waals surface area contributed by atoms with Crippen molar-refractivity contribution in [3.63, 3.8) is 0 Å². The van der Waals surface area contributed by atoms with Crippen molar-refractivity contribution in [2.24, 2.45) is 0 Å². The predicted octanol–water partition coefficient (Wildman–Crippen LogP) is 7.06. The summed E-state index contributed by atoms with van der Waals surface area (Å²) in [5.74, 6) is 0.226. The first kappa shape index (κ1) is 25.8. The largest absolute Gasteiger partial charge is 0.378 e. The van der Waals surface area contributed by atoms with Gasteiger partial charge in [0.15, 0.2) is 0 Å². The van der Waals surface area contributed by atoms with Crippen LogP contribution < -0.4 is 14.7 Å². The van der Waals surface area contributed by atoms with E-state index in [2.05, 4.69) is 39.0 Å². The molecule has 188 valence electrons. The summed E-state index contributed by atoms with van der Waals surface area (Å²) in [6, 6.07) is 21.1. The van der Waals surface area contributed by atoms with Gasteiger partial charge in [-0.1, -0.05) is 37.6 Å². The molecule has 1 aliphatic heterocycles. The zero-order chi connectivity index (χ0) is 26.1. The maximum atomic E-state index is 13.9. The van der Waals surface area contributed by atoms with E-state index in [1.54, 1.807) is 19.1 Å². The quantitative estimate of drug-likeness (QED) is 0.374. The van der Waals surface area contributed by atoms with E-state index in [-0.39, 0.29) is 23.9 Å². The van der Waals surface area contributed by atoms with Crippen molar-refractivity contribution < 1.29 is 9.59 Å². The van der Waals surface area contributed by atoms with Gasteiger partial charge in [0.25, 0.3) is 5.91 Å². The Morgan fingerprint density at radius 2 is 1.56 bits per heavy atom. The Kier molecular flexibility index (Phi) is 7.41. The lowest BCUT2D eigenvalue weighted by Gasteiger charge is -2.43. The highest BCUT2D eigenvalue weighted by atomic mass is 35.5. The lowest BCUT2D eigenvalue weighted by atomic mass is 9.87. The topological polar surface area (TPSA) is 43.9 Å². The van der Waals surface area contributed by atoms with Crippen molar-refractivity contribution in [3.8, 4) is 0 Å². The van der Waals surface area contributed by atoms with Gasteiger partial charge in [-0.15, -0.1) is 0 Å². The van der Waals surface area contributed by atoms with E-state index in [0.29, 0.717) is 22.9 Å². The lowest BCUT2D eigenvalue weighted by molar-refractivity contribution is -0.117. The van der Waals surface area contributed by atoms with Crippen LogP contribution in [-0.4, -0.2) is 32.0 Å². The SMILES string of the molecule is CC(=O)N(c1ccc(Cl)cc1)[C@@H]1C[C@H](C)N(C(=O)c2ccc(N(C)C)cc2)c2cc(C(C)C)ccc21. The van der Waals surface area contributed by atoms with Gasteiger partial charge in [0.2, 0.25) is 5.91 Å². The molecule has 0 bridgehead atoms. The summed E-state index contributed by atoms with van der Waals surface area (Å²) in [5.41, 5.74) is 5.48. The van der Waals surface area contributed by atoms with Crippen LogP contribution in [0.25, 0.3) is 0 Å². The second-order valence-corrected chi connectivity index (χ2v) is 10.5. The van der Waals surface area contributed by atoms with E-state index in [0.717, 1.165) is 28.2 Å². The normalized spacial score (nSPS) is 17.1. The molecule has 0 spiro atoms. The monoisotopic (exact) mass is 503 g/mol. The molecule has 0 fully saturated rings. The Balaban J connectivity index is 1.81. The number of fused-ring (bicyclic) bond motifs is 1. The summed E-state index contributed by atoms with van der Waals surface area (Å²) < 4.78 is 0. The van der Waals surface area contributed by atoms with Gasteiger partial charge in [-0.25, -0.2) is 0 Å². The molecule has 0 saturated carbocycles. The molecule has 2 amide bonds. The summed E-state index contributed by atoms with van der Waals surface area (Å²) in [4.78, 5) is 32.6. The fourth-order valence-electron chi connectivity index (χ4n) is 4.98. The molecule has 5 nitrogen and oxygen atoms in total. The first-order chi connectivity index (χ1) is 17.1. The van der Waals surface area contributed by atoms with Crippen LogP contribution >= 0.6 is 11.6 Å². The molecule has 0 aromatic heterocycles. The average Bonchev–Trinajstić information content (AvgIpc) is 2.84. The van der Waals surface area contributed by atoms with Crippen molar-refractivity contribution in [3.05, 3.63) is 88.4 Å². The first-order valence-electron chi connectivity index (χ1n) is 12.4. The Hall–Kier alpha value is -3.31. The second-order valence-electron chi connectivity index (χ2n) is 10.1. The highest BCUT2D eigenvalue weighted by Crippen LogP contribution is 2.44. The summed E-state index contributed by atoms with van der Waals surface area (Å²) in [6.45, 7) is 7.94. The first-order valence-corrected chi connectivity index (χ1v) is 12.8. The fourth-order valence-corrected chi connectivity index (χ4v) is 5.11. The second kappa shape index (κ2) is 10.4. The van der Waals surface area contributed by atoms with Crippen LogP contribution in [0.1, 0.15) is 67.6 Å². The van der Waals surface area contributed by atoms with E-state index in [1.807, 2.05) is 65.2 Å². The van der Waals surface area contributed by atoms with Gasteiger partial charge in [-0.3, -0.25) is 9.59 Å². The van der Waals surface area contributed by atoms with Gasteiger partial charge in [0.1, 0.15) is 0 Å². The van der Waals surface area contributed by atoms with Crippen LogP contribution in [0.5, 0.6) is 0 Å². The number of rotatable bonds is 5. The summed E-state index contributed by atoms with van der Waals surface area (Å²) >= 11 is 6.12. The minimum atomic E-state index is -0.199. The minimum absolute atomic E-state index is 0.0331. The number of nitrogens with zero attached hydrogens (tertiary/aromatic N) is 3. The molecular weight excluding hydrogens is 470 g/mol. The smallest absolute Gasteiger partial charge is 0.258 e. The molecule has 1 heterocycles. The van der Waals surface area contributed by atoms with Crippen molar-refractivity contribution in [1.82, 2.24) is 0 Å². The zero-order valence-electron chi connectivity index (χ0n) is 21.8. The van der Waals surface area contributed by atoms with Crippen LogP contribution in [0.3, 0.4) is 0 Å². The molecule has 0 unspecified atom stereocenters. The number of hydrogen-bond donors (Lipinski definition) is 0. The van der Waals surface area contributed by atoms with Crippen molar-refractivity contribution in [1.29, 1.82) is 0 Å². The third kappa shape index (κ3) is 4.98. The van der Waals surface area contributed by atoms with Crippen molar-refractivity contribution >= 4 is 40.5 Å². The van der Waals surface area contributed by atoms with Crippen molar-refractivity contribution in [2.75, 3.05) is 28.8 Å². The molecule has 2 atom stereocenters. The zero-order valence-corrected chi connectivity index (χ0v) is 22.6. The molecule has 0 saturated heterocycles. The predicted molar refractivity (Wildman–Crippen MR) is 150 cm³/mol. The van der Waals surface area contributed by atoms with Crippen LogP contribution in [-0.2, 0) is 4.79 Å². The van der Waals surface area contributed by atoms with E-state index in [4.69, 9.17) is 11.6 Å². The van der Waals surface area contributed by atoms with Crippen LogP contribution in [0, 0.1) is 0 Å². The van der Waals surface area contributed by atoms with E-state index in [1.165, 1.54) is 0 Å². The van der Waals surface area contributed by atoms with Gasteiger partial charge in [-0.05, 0) is 85.0 Å². The van der Waals surface area contributed by atoms with Crippen LogP contribution in [0.4, 0.5) is 17.1 Å². The number of amides is 2. The molecule has 6 heteroatoms. The van der Waals surface area contributed by atoms with Crippen molar-refractivity contribution in [2.45, 2.75) is 52.1 Å². The maximum Gasteiger partial charge on any atom is 0.258 e. The molecule has 3 aromatic rings. The third-order valence-corrected chi connectivity index (χ3v) is 7.20. The Morgan fingerprint density at radius 1 is 0.944 bits per heavy atom. The number of anilines is 3. The number of halogens is 1. The average molecular weight is 504 g/mol.